The molecule has 0 radical (unpaired) electrons. The van der Waals surface area contributed by atoms with Crippen molar-refractivity contribution in [2.45, 2.75) is 45.8 Å². The van der Waals surface area contributed by atoms with Crippen molar-refractivity contribution in [3.8, 4) is 0 Å². The van der Waals surface area contributed by atoms with Gasteiger partial charge < -0.3 is 14.2 Å². The van der Waals surface area contributed by atoms with Gasteiger partial charge >= 0.3 is 11.9 Å². The molecular weight excluding hydrogens is 320 g/mol. The molecule has 4 bridgehead atoms. The van der Waals surface area contributed by atoms with Crippen molar-refractivity contribution in [1.82, 2.24) is 0 Å². The second-order valence-electron chi connectivity index (χ2n) is 8.00. The molecule has 5 heteroatoms. The van der Waals surface area contributed by atoms with Crippen LogP contribution in [0.5, 0.6) is 0 Å². The molecule has 5 nitrogen and oxygen atoms in total. The molecule has 3 saturated carbocycles. The Morgan fingerprint density at radius 2 is 1.84 bits per heavy atom. The van der Waals surface area contributed by atoms with Crippen LogP contribution in [-0.2, 0) is 23.8 Å². The predicted molar refractivity (Wildman–Crippen MR) is 90.2 cm³/mol. The van der Waals surface area contributed by atoms with Gasteiger partial charge in [-0.15, -0.1) is 0 Å². The van der Waals surface area contributed by atoms with E-state index in [1.165, 1.54) is 6.42 Å². The Labute approximate surface area is 149 Å². The molecule has 0 heterocycles. The summed E-state index contributed by atoms with van der Waals surface area (Å²) < 4.78 is 15.8. The van der Waals surface area contributed by atoms with E-state index in [0.717, 1.165) is 24.7 Å². The van der Waals surface area contributed by atoms with Gasteiger partial charge in [0.25, 0.3) is 0 Å². The standard InChI is InChI=1S/C20H28O5/c1-3-17(23-4-2)25-16(21)10-24-20(22)15-9-13-8-14(15)19-12-6-5-11(7-12)18(13)19/h5-6,11-15,17-19H,3-4,7-10H2,1-2H3. The second-order valence-corrected chi connectivity index (χ2v) is 8.00. The fourth-order valence-corrected chi connectivity index (χ4v) is 6.13. The molecule has 4 aliphatic carbocycles. The molecular formula is C20H28O5. The summed E-state index contributed by atoms with van der Waals surface area (Å²) >= 11 is 0. The number of carbonyl (C=O) groups excluding carboxylic acids is 2. The third-order valence-corrected chi connectivity index (χ3v) is 6.85. The molecule has 4 aliphatic rings. The topological polar surface area (TPSA) is 61.8 Å². The molecule has 0 aromatic carbocycles. The monoisotopic (exact) mass is 348 g/mol. The minimum Gasteiger partial charge on any atom is -0.453 e. The Balaban J connectivity index is 1.28. The number of rotatable bonds is 7. The number of allylic oxidation sites excluding steroid dienone is 2. The molecule has 0 aromatic rings. The van der Waals surface area contributed by atoms with Crippen molar-refractivity contribution >= 4 is 11.9 Å². The van der Waals surface area contributed by atoms with Crippen molar-refractivity contribution in [2.75, 3.05) is 13.2 Å². The first-order valence-electron chi connectivity index (χ1n) is 9.78. The molecule has 0 aromatic heterocycles. The highest BCUT2D eigenvalue weighted by Gasteiger charge is 2.62. The number of hydrogen-bond acceptors (Lipinski definition) is 5. The molecule has 8 atom stereocenters. The van der Waals surface area contributed by atoms with Gasteiger partial charge in [-0.05, 0) is 61.7 Å². The van der Waals surface area contributed by atoms with E-state index in [1.807, 2.05) is 13.8 Å². The lowest BCUT2D eigenvalue weighted by Gasteiger charge is -2.35. The molecule has 0 amide bonds. The van der Waals surface area contributed by atoms with Gasteiger partial charge in [0.05, 0.1) is 5.92 Å². The van der Waals surface area contributed by atoms with Gasteiger partial charge in [-0.2, -0.15) is 0 Å². The average Bonchev–Trinajstić information content (AvgIpc) is 3.37. The lowest BCUT2D eigenvalue weighted by molar-refractivity contribution is -0.186. The molecule has 8 unspecified atom stereocenters. The summed E-state index contributed by atoms with van der Waals surface area (Å²) in [5.41, 5.74) is 0. The van der Waals surface area contributed by atoms with Gasteiger partial charge in [0.2, 0.25) is 6.29 Å². The van der Waals surface area contributed by atoms with Crippen LogP contribution in [0.25, 0.3) is 0 Å². The molecule has 0 aliphatic heterocycles. The predicted octanol–water partition coefficient (Wildman–Crippen LogP) is 2.94. The van der Waals surface area contributed by atoms with E-state index >= 15 is 0 Å². The lowest BCUT2D eigenvalue weighted by atomic mass is 9.69. The Morgan fingerprint density at radius 3 is 2.56 bits per heavy atom. The van der Waals surface area contributed by atoms with Crippen LogP contribution in [0.15, 0.2) is 12.2 Å². The van der Waals surface area contributed by atoms with Gasteiger partial charge in [0.15, 0.2) is 6.61 Å². The first-order chi connectivity index (χ1) is 12.1. The summed E-state index contributed by atoms with van der Waals surface area (Å²) in [6.07, 6.45) is 8.18. The van der Waals surface area contributed by atoms with Gasteiger partial charge in [-0.3, -0.25) is 4.79 Å². The van der Waals surface area contributed by atoms with Crippen LogP contribution < -0.4 is 0 Å². The van der Waals surface area contributed by atoms with E-state index in [2.05, 4.69) is 12.2 Å². The van der Waals surface area contributed by atoms with Crippen LogP contribution in [0.1, 0.15) is 39.5 Å². The number of esters is 2. The number of carbonyl (C=O) groups is 2. The van der Waals surface area contributed by atoms with Gasteiger partial charge in [0.1, 0.15) is 0 Å². The average molecular weight is 348 g/mol. The van der Waals surface area contributed by atoms with E-state index in [4.69, 9.17) is 14.2 Å². The van der Waals surface area contributed by atoms with E-state index < -0.39 is 12.3 Å². The molecule has 25 heavy (non-hydrogen) atoms. The van der Waals surface area contributed by atoms with Crippen molar-refractivity contribution in [2.24, 2.45) is 41.4 Å². The number of fused-ring (bicyclic) bond motifs is 9. The summed E-state index contributed by atoms with van der Waals surface area (Å²) in [6, 6.07) is 0. The minimum absolute atomic E-state index is 0.0272. The zero-order valence-electron chi connectivity index (χ0n) is 15.1. The largest absolute Gasteiger partial charge is 0.453 e. The Morgan fingerprint density at radius 1 is 1.08 bits per heavy atom. The summed E-state index contributed by atoms with van der Waals surface area (Å²) in [5, 5.41) is 0. The van der Waals surface area contributed by atoms with Crippen LogP contribution in [0.4, 0.5) is 0 Å². The smallest absolute Gasteiger partial charge is 0.346 e. The van der Waals surface area contributed by atoms with Crippen LogP contribution in [0.2, 0.25) is 0 Å². The Bertz CT molecular complexity index is 570. The zero-order chi connectivity index (χ0) is 17.6. The maximum Gasteiger partial charge on any atom is 0.346 e. The normalized spacial score (nSPS) is 41.0. The fourth-order valence-electron chi connectivity index (χ4n) is 6.13. The molecule has 0 spiro atoms. The first-order valence-corrected chi connectivity index (χ1v) is 9.78. The van der Waals surface area contributed by atoms with Crippen LogP contribution in [0.3, 0.4) is 0 Å². The summed E-state index contributed by atoms with van der Waals surface area (Å²) in [5.74, 6) is 3.24. The summed E-state index contributed by atoms with van der Waals surface area (Å²) in [4.78, 5) is 24.4. The highest BCUT2D eigenvalue weighted by molar-refractivity contribution is 5.78. The highest BCUT2D eigenvalue weighted by atomic mass is 16.7. The van der Waals surface area contributed by atoms with E-state index in [0.29, 0.717) is 36.7 Å². The molecule has 0 saturated heterocycles. The second kappa shape index (κ2) is 6.75. The minimum atomic E-state index is -0.555. The maximum atomic E-state index is 12.5. The Hall–Kier alpha value is -1.36. The molecule has 4 rings (SSSR count). The van der Waals surface area contributed by atoms with Crippen LogP contribution in [-0.4, -0.2) is 31.4 Å². The number of ether oxygens (including phenoxy) is 3. The van der Waals surface area contributed by atoms with Crippen molar-refractivity contribution < 1.29 is 23.8 Å². The quantitative estimate of drug-likeness (QED) is 0.306. The lowest BCUT2D eigenvalue weighted by Crippen LogP contribution is -2.36. The van der Waals surface area contributed by atoms with E-state index in [1.54, 1.807) is 0 Å². The van der Waals surface area contributed by atoms with Crippen LogP contribution in [0, 0.1) is 41.4 Å². The third-order valence-electron chi connectivity index (χ3n) is 6.85. The molecule has 3 fully saturated rings. The summed E-state index contributed by atoms with van der Waals surface area (Å²) in [6.45, 7) is 3.91. The van der Waals surface area contributed by atoms with Gasteiger partial charge in [-0.1, -0.05) is 19.1 Å². The fraction of sp³-hybridized carbons (Fsp3) is 0.800. The maximum absolute atomic E-state index is 12.5. The molecule has 0 N–H and O–H groups in total. The zero-order valence-corrected chi connectivity index (χ0v) is 15.1. The van der Waals surface area contributed by atoms with E-state index in [-0.39, 0.29) is 18.5 Å². The third kappa shape index (κ3) is 2.90. The first kappa shape index (κ1) is 17.1. The van der Waals surface area contributed by atoms with Crippen molar-refractivity contribution in [3.05, 3.63) is 12.2 Å². The van der Waals surface area contributed by atoms with Crippen molar-refractivity contribution in [1.29, 1.82) is 0 Å². The van der Waals surface area contributed by atoms with Gasteiger partial charge in [-0.25, -0.2) is 4.79 Å². The van der Waals surface area contributed by atoms with E-state index in [9.17, 15) is 9.59 Å². The highest BCUT2D eigenvalue weighted by Crippen LogP contribution is 2.67. The van der Waals surface area contributed by atoms with Crippen molar-refractivity contribution in [3.63, 3.8) is 0 Å². The van der Waals surface area contributed by atoms with Gasteiger partial charge in [0, 0.05) is 13.0 Å². The van der Waals surface area contributed by atoms with Crippen LogP contribution >= 0.6 is 0 Å². The molecule has 138 valence electrons. The summed E-state index contributed by atoms with van der Waals surface area (Å²) in [7, 11) is 0. The Kier molecular flexibility index (Phi) is 4.61. The SMILES string of the molecule is CCOC(CC)OC(=O)COC(=O)C1CC2CC1C1C3C=CC(C3)C21. The number of hydrogen-bond donors (Lipinski definition) is 0.